The quantitative estimate of drug-likeness (QED) is 0.716. The van der Waals surface area contributed by atoms with Gasteiger partial charge in [0.15, 0.2) is 11.5 Å². The largest absolute Gasteiger partial charge is 0.493 e. The lowest BCUT2D eigenvalue weighted by atomic mass is 9.67. The van der Waals surface area contributed by atoms with Gasteiger partial charge < -0.3 is 24.8 Å². The van der Waals surface area contributed by atoms with E-state index < -0.39 is 18.3 Å². The van der Waals surface area contributed by atoms with Crippen LogP contribution >= 0.6 is 0 Å². The van der Waals surface area contributed by atoms with Crippen molar-refractivity contribution in [2.24, 2.45) is 5.92 Å². The average Bonchev–Trinajstić information content (AvgIpc) is 2.99. The monoisotopic (exact) mass is 321 g/mol. The number of ether oxygens (including phenoxy) is 2. The number of benzene rings is 1. The molecule has 0 bridgehead atoms. The smallest absolute Gasteiger partial charge is 0.161 e. The van der Waals surface area contributed by atoms with Crippen LogP contribution in [0.4, 0.5) is 0 Å². The van der Waals surface area contributed by atoms with Crippen LogP contribution in [0.15, 0.2) is 12.1 Å². The van der Waals surface area contributed by atoms with E-state index >= 15 is 0 Å². The summed E-state index contributed by atoms with van der Waals surface area (Å²) in [5.74, 6) is 1.08. The van der Waals surface area contributed by atoms with Crippen LogP contribution in [-0.2, 0) is 6.54 Å². The Morgan fingerprint density at radius 3 is 2.39 bits per heavy atom. The fourth-order valence-electron chi connectivity index (χ4n) is 4.80. The minimum absolute atomic E-state index is 0.000327. The van der Waals surface area contributed by atoms with Crippen LogP contribution in [0.5, 0.6) is 11.5 Å². The molecule has 6 atom stereocenters. The molecule has 2 fully saturated rings. The molecule has 2 aliphatic heterocycles. The molecule has 6 heteroatoms. The number of fused-ring (bicyclic) bond motifs is 2. The number of aliphatic hydroxyl groups excluding tert-OH is 3. The van der Waals surface area contributed by atoms with Crippen LogP contribution in [-0.4, -0.2) is 65.3 Å². The molecule has 23 heavy (non-hydrogen) atoms. The predicted molar refractivity (Wildman–Crippen MR) is 82.6 cm³/mol. The number of hydrogen-bond donors (Lipinski definition) is 3. The van der Waals surface area contributed by atoms with Gasteiger partial charge in [0.05, 0.1) is 26.4 Å². The lowest BCUT2D eigenvalue weighted by Crippen LogP contribution is -2.60. The van der Waals surface area contributed by atoms with E-state index in [9.17, 15) is 15.3 Å². The first-order chi connectivity index (χ1) is 11.1. The van der Waals surface area contributed by atoms with Crippen molar-refractivity contribution in [1.29, 1.82) is 0 Å². The topological polar surface area (TPSA) is 82.4 Å². The second kappa shape index (κ2) is 5.34. The van der Waals surface area contributed by atoms with Gasteiger partial charge in [0.1, 0.15) is 6.10 Å². The van der Waals surface area contributed by atoms with Crippen molar-refractivity contribution < 1.29 is 24.8 Å². The normalized spacial score (nSPS) is 38.8. The molecule has 0 spiro atoms. The van der Waals surface area contributed by atoms with Crippen molar-refractivity contribution in [2.75, 3.05) is 20.8 Å². The Hall–Kier alpha value is -1.34. The van der Waals surface area contributed by atoms with E-state index in [0.29, 0.717) is 11.5 Å². The third kappa shape index (κ3) is 2.02. The molecule has 126 valence electrons. The summed E-state index contributed by atoms with van der Waals surface area (Å²) >= 11 is 0. The molecule has 0 amide bonds. The molecule has 4 rings (SSSR count). The van der Waals surface area contributed by atoms with Gasteiger partial charge in [0.25, 0.3) is 0 Å². The van der Waals surface area contributed by atoms with Gasteiger partial charge in [-0.25, -0.2) is 0 Å². The Kier molecular flexibility index (Phi) is 3.53. The minimum atomic E-state index is -1.11. The molecule has 1 saturated heterocycles. The van der Waals surface area contributed by atoms with Crippen LogP contribution in [0.25, 0.3) is 0 Å². The van der Waals surface area contributed by atoms with E-state index in [1.165, 1.54) is 0 Å². The van der Waals surface area contributed by atoms with Gasteiger partial charge in [-0.15, -0.1) is 0 Å². The summed E-state index contributed by atoms with van der Waals surface area (Å²) in [4.78, 5) is 2.31. The third-order valence-corrected chi connectivity index (χ3v) is 5.86. The molecule has 1 aromatic rings. The van der Waals surface area contributed by atoms with Gasteiger partial charge in [-0.3, -0.25) is 4.90 Å². The summed E-state index contributed by atoms with van der Waals surface area (Å²) in [7, 11) is 3.20. The van der Waals surface area contributed by atoms with Crippen molar-refractivity contribution in [2.45, 2.75) is 43.2 Å². The Balaban J connectivity index is 1.84. The molecule has 0 aromatic heterocycles. The first kappa shape index (κ1) is 15.2. The Bertz CT molecular complexity index is 621. The summed E-state index contributed by atoms with van der Waals surface area (Å²) in [6.45, 7) is 1.64. The summed E-state index contributed by atoms with van der Waals surface area (Å²) in [5.41, 5.74) is 2.08. The summed E-state index contributed by atoms with van der Waals surface area (Å²) in [6.07, 6.45) is -2.11. The van der Waals surface area contributed by atoms with Gasteiger partial charge >= 0.3 is 0 Å². The average molecular weight is 321 g/mol. The second-order valence-electron chi connectivity index (χ2n) is 6.82. The van der Waals surface area contributed by atoms with Crippen molar-refractivity contribution in [3.63, 3.8) is 0 Å². The highest BCUT2D eigenvalue weighted by molar-refractivity contribution is 5.51. The van der Waals surface area contributed by atoms with Gasteiger partial charge in [-0.1, -0.05) is 0 Å². The van der Waals surface area contributed by atoms with Crippen LogP contribution in [0.2, 0.25) is 0 Å². The molecular formula is C17H23NO5. The zero-order valence-electron chi connectivity index (χ0n) is 13.3. The van der Waals surface area contributed by atoms with Gasteiger partial charge in [-0.2, -0.15) is 0 Å². The molecule has 2 heterocycles. The lowest BCUT2D eigenvalue weighted by molar-refractivity contribution is -0.136. The molecule has 1 saturated carbocycles. The second-order valence-corrected chi connectivity index (χ2v) is 6.82. The highest BCUT2D eigenvalue weighted by Gasteiger charge is 2.56. The van der Waals surface area contributed by atoms with Crippen LogP contribution < -0.4 is 9.47 Å². The number of hydrogen-bond acceptors (Lipinski definition) is 6. The molecule has 1 aliphatic carbocycles. The van der Waals surface area contributed by atoms with Gasteiger partial charge in [0.2, 0.25) is 0 Å². The molecular weight excluding hydrogens is 298 g/mol. The Morgan fingerprint density at radius 2 is 1.70 bits per heavy atom. The predicted octanol–water partition coefficient (Wildman–Crippen LogP) is 0.0878. The number of nitrogens with zero attached hydrogens (tertiary/aromatic N) is 1. The highest BCUT2D eigenvalue weighted by atomic mass is 16.5. The van der Waals surface area contributed by atoms with Gasteiger partial charge in [-0.05, 0) is 36.2 Å². The molecule has 0 radical (unpaired) electrons. The van der Waals surface area contributed by atoms with Crippen molar-refractivity contribution in [3.05, 3.63) is 23.3 Å². The maximum absolute atomic E-state index is 10.6. The van der Waals surface area contributed by atoms with E-state index in [2.05, 4.69) is 4.90 Å². The Morgan fingerprint density at radius 1 is 1.00 bits per heavy atom. The molecule has 3 aliphatic rings. The SMILES string of the molecule is COc1cc2c(cc1OC)[C@@H]1[C@H](O)[C@@H](O)[C@H](O)[C@H]3CCN(C2)[C@H]31. The van der Waals surface area contributed by atoms with E-state index in [-0.39, 0.29) is 17.9 Å². The summed E-state index contributed by atoms with van der Waals surface area (Å²) in [6, 6.07) is 3.94. The van der Waals surface area contributed by atoms with E-state index in [0.717, 1.165) is 30.6 Å². The number of aliphatic hydroxyl groups is 3. The maximum atomic E-state index is 10.6. The van der Waals surface area contributed by atoms with Crippen molar-refractivity contribution in [3.8, 4) is 11.5 Å². The summed E-state index contributed by atoms with van der Waals surface area (Å²) < 4.78 is 10.8. The minimum Gasteiger partial charge on any atom is -0.493 e. The first-order valence-corrected chi connectivity index (χ1v) is 8.10. The molecule has 1 aromatic carbocycles. The molecule has 0 unspecified atom stereocenters. The van der Waals surface area contributed by atoms with Crippen LogP contribution in [0, 0.1) is 5.92 Å². The van der Waals surface area contributed by atoms with E-state index in [1.807, 2.05) is 12.1 Å². The fourth-order valence-corrected chi connectivity index (χ4v) is 4.80. The van der Waals surface area contributed by atoms with Crippen LogP contribution in [0.1, 0.15) is 23.5 Å². The highest BCUT2D eigenvalue weighted by Crippen LogP contribution is 2.50. The third-order valence-electron chi connectivity index (χ3n) is 5.86. The fraction of sp³-hybridized carbons (Fsp3) is 0.647. The summed E-state index contributed by atoms with van der Waals surface area (Å²) in [5, 5.41) is 31.2. The first-order valence-electron chi connectivity index (χ1n) is 8.10. The number of methoxy groups -OCH3 is 2. The lowest BCUT2D eigenvalue weighted by Gasteiger charge is -2.49. The standard InChI is InChI=1S/C17H23NO5/c1-22-11-5-8-7-18-4-3-9-14(18)13(10(8)6-12(11)23-2)16(20)17(21)15(9)19/h5-6,9,13-17,19-21H,3-4,7H2,1-2H3/t9-,13-,14+,15+,16-,17-/m0/s1. The van der Waals surface area contributed by atoms with Crippen LogP contribution in [0.3, 0.4) is 0 Å². The van der Waals surface area contributed by atoms with E-state index in [4.69, 9.17) is 9.47 Å². The van der Waals surface area contributed by atoms with Gasteiger partial charge in [0, 0.05) is 24.4 Å². The number of rotatable bonds is 2. The van der Waals surface area contributed by atoms with Crippen molar-refractivity contribution in [1.82, 2.24) is 4.90 Å². The molecule has 3 N–H and O–H groups in total. The maximum Gasteiger partial charge on any atom is 0.161 e. The van der Waals surface area contributed by atoms with E-state index in [1.54, 1.807) is 14.2 Å². The Labute approximate surface area is 135 Å². The molecule has 6 nitrogen and oxygen atoms in total. The zero-order valence-corrected chi connectivity index (χ0v) is 13.3. The van der Waals surface area contributed by atoms with Crippen molar-refractivity contribution >= 4 is 0 Å². The zero-order chi connectivity index (χ0) is 16.3.